The first kappa shape index (κ1) is 19.0. The van der Waals surface area contributed by atoms with Crippen molar-refractivity contribution in [2.45, 2.75) is 68.0 Å². The van der Waals surface area contributed by atoms with E-state index in [0.29, 0.717) is 0 Å². The Balaban J connectivity index is 4.47. The summed E-state index contributed by atoms with van der Waals surface area (Å²) in [4.78, 5) is 0. The maximum absolute atomic E-state index is 7.02. The van der Waals surface area contributed by atoms with Gasteiger partial charge < -0.3 is 0 Å². The third-order valence-corrected chi connectivity index (χ3v) is 19.1. The van der Waals surface area contributed by atoms with Crippen molar-refractivity contribution in [3.8, 4) is 0 Å². The molecule has 0 N–H and O–H groups in total. The van der Waals surface area contributed by atoms with Gasteiger partial charge >= 0.3 is 124 Å². The van der Waals surface area contributed by atoms with E-state index in [0.717, 1.165) is 6.61 Å². The number of hydrogen-bond acceptors (Lipinski definition) is 1. The number of halogens is 1. The molecule has 0 aromatic carbocycles. The van der Waals surface area contributed by atoms with Crippen LogP contribution in [-0.4, -0.2) is 32.2 Å². The van der Waals surface area contributed by atoms with Crippen molar-refractivity contribution in [2.75, 3.05) is 6.61 Å². The van der Waals surface area contributed by atoms with Gasteiger partial charge in [0.2, 0.25) is 0 Å². The summed E-state index contributed by atoms with van der Waals surface area (Å²) in [6.45, 7) is 16.2. The van der Waals surface area contributed by atoms with Crippen molar-refractivity contribution in [1.29, 1.82) is 0 Å². The van der Waals surface area contributed by atoms with E-state index in [-0.39, 0.29) is 0 Å². The molecule has 0 atom stereocenters. The Hall–Kier alpha value is 1.01. The molecule has 0 aliphatic rings. The maximum atomic E-state index is 7.02. The van der Waals surface area contributed by atoms with Gasteiger partial charge in [0, 0.05) is 0 Å². The number of unbranched alkanes of at least 4 members (excludes halogenated alkanes) is 2. The molecule has 0 aromatic rings. The van der Waals surface area contributed by atoms with Gasteiger partial charge in [0.25, 0.3) is 0 Å². The first-order valence-corrected chi connectivity index (χ1v) is 19.7. The van der Waals surface area contributed by atoms with Crippen molar-refractivity contribution in [3.63, 3.8) is 0 Å². The molecule has 0 saturated heterocycles. The van der Waals surface area contributed by atoms with E-state index in [1.165, 1.54) is 38.1 Å². The Morgan fingerprint density at radius 1 is 1.11 bits per heavy atom. The SMILES string of the molecule is C=[C](CO[Si](C)(C)C)[Sn]([Cl])([CH2]CCC)[CH2]CCC. The number of rotatable bonds is 10. The molecule has 1 nitrogen and oxygen atoms in total. The van der Waals surface area contributed by atoms with Crippen LogP contribution in [0.15, 0.2) is 10.2 Å². The zero-order valence-electron chi connectivity index (χ0n) is 12.9. The van der Waals surface area contributed by atoms with Gasteiger partial charge in [-0.2, -0.15) is 0 Å². The Bertz CT molecular complexity index is 243. The van der Waals surface area contributed by atoms with Gasteiger partial charge in [0.05, 0.1) is 0 Å². The third-order valence-electron chi connectivity index (χ3n) is 3.17. The Kier molecular flexibility index (Phi) is 9.54. The minimum atomic E-state index is -2.63. The predicted molar refractivity (Wildman–Crippen MR) is 89.5 cm³/mol. The molecule has 18 heavy (non-hydrogen) atoms. The van der Waals surface area contributed by atoms with Crippen molar-refractivity contribution >= 4 is 34.5 Å². The second-order valence-electron chi connectivity index (χ2n) is 6.18. The fourth-order valence-electron chi connectivity index (χ4n) is 1.83. The summed E-state index contributed by atoms with van der Waals surface area (Å²) in [7, 11) is 5.57. The molecule has 4 heteroatoms. The van der Waals surface area contributed by atoms with Gasteiger partial charge in [-0.1, -0.05) is 0 Å². The van der Waals surface area contributed by atoms with E-state index in [1.54, 1.807) is 0 Å². The van der Waals surface area contributed by atoms with Gasteiger partial charge in [-0.15, -0.1) is 0 Å². The monoisotopic (exact) mass is 398 g/mol. The summed E-state index contributed by atoms with van der Waals surface area (Å²) >= 11 is -2.63. The van der Waals surface area contributed by atoms with Crippen LogP contribution in [0.2, 0.25) is 28.5 Å². The molecule has 0 spiro atoms. The van der Waals surface area contributed by atoms with Crippen LogP contribution in [0.4, 0.5) is 0 Å². The molecule has 0 amide bonds. The number of hydrogen-bond donors (Lipinski definition) is 0. The summed E-state index contributed by atoms with van der Waals surface area (Å²) < 4.78 is 9.77. The molecule has 0 heterocycles. The quantitative estimate of drug-likeness (QED) is 0.429. The Morgan fingerprint density at radius 2 is 1.56 bits per heavy atom. The molecular formula is C14H31ClOSiSn. The van der Waals surface area contributed by atoms with Crippen LogP contribution in [0.5, 0.6) is 0 Å². The van der Waals surface area contributed by atoms with Gasteiger partial charge in [0.1, 0.15) is 0 Å². The predicted octanol–water partition coefficient (Wildman–Crippen LogP) is 5.72. The first-order chi connectivity index (χ1) is 8.25. The van der Waals surface area contributed by atoms with Crippen molar-refractivity contribution in [3.05, 3.63) is 10.2 Å². The first-order valence-electron chi connectivity index (χ1n) is 7.26. The van der Waals surface area contributed by atoms with Crippen LogP contribution in [0.25, 0.3) is 0 Å². The van der Waals surface area contributed by atoms with E-state index in [2.05, 4.69) is 40.1 Å². The average Bonchev–Trinajstić information content (AvgIpc) is 2.29. The van der Waals surface area contributed by atoms with Crippen molar-refractivity contribution in [2.24, 2.45) is 0 Å². The van der Waals surface area contributed by atoms with Crippen LogP contribution in [0.3, 0.4) is 0 Å². The normalized spacial score (nSPS) is 12.8. The molecule has 0 saturated carbocycles. The minimum absolute atomic E-state index is 0.725. The molecule has 0 bridgehead atoms. The van der Waals surface area contributed by atoms with Gasteiger partial charge in [-0.25, -0.2) is 0 Å². The van der Waals surface area contributed by atoms with Gasteiger partial charge in [-0.3, -0.25) is 0 Å². The topological polar surface area (TPSA) is 9.23 Å². The second kappa shape index (κ2) is 9.04. The molecule has 0 radical (unpaired) electrons. The molecule has 0 fully saturated rings. The van der Waals surface area contributed by atoms with Crippen molar-refractivity contribution < 1.29 is 4.43 Å². The molecule has 108 valence electrons. The van der Waals surface area contributed by atoms with Gasteiger partial charge in [-0.05, 0) is 0 Å². The zero-order valence-corrected chi connectivity index (χ0v) is 17.6. The summed E-state index contributed by atoms with van der Waals surface area (Å²) in [5.74, 6) is 0. The third kappa shape index (κ3) is 8.23. The van der Waals surface area contributed by atoms with Crippen LogP contribution in [0, 0.1) is 0 Å². The summed E-state index contributed by atoms with van der Waals surface area (Å²) in [5, 5.41) is 0. The Morgan fingerprint density at radius 3 is 1.89 bits per heavy atom. The summed E-state index contributed by atoms with van der Waals surface area (Å²) in [6.07, 6.45) is 4.99. The molecule has 0 unspecified atom stereocenters. The summed E-state index contributed by atoms with van der Waals surface area (Å²) in [6, 6.07) is 0. The molecule has 0 aromatic heterocycles. The van der Waals surface area contributed by atoms with E-state index in [4.69, 9.17) is 13.3 Å². The fraction of sp³-hybridized carbons (Fsp3) is 0.857. The fourth-order valence-corrected chi connectivity index (χ4v) is 13.9. The Labute approximate surface area is 123 Å². The van der Waals surface area contributed by atoms with Crippen LogP contribution in [0.1, 0.15) is 39.5 Å². The van der Waals surface area contributed by atoms with Crippen LogP contribution < -0.4 is 0 Å². The molecule has 0 aliphatic heterocycles. The van der Waals surface area contributed by atoms with E-state index < -0.39 is 25.6 Å². The van der Waals surface area contributed by atoms with Gasteiger partial charge in [0.15, 0.2) is 0 Å². The second-order valence-corrected chi connectivity index (χ2v) is 25.9. The standard InChI is InChI=1S/C6H13OSi.2C4H9.ClH.Sn/c1-5-6-7-8(2,3)4;2*1-3-4-2;;/h1,6H2,2-4H3;2*1,3-4H2,2H3;1H;/q;;;;+1/p-1. The molecule has 0 rings (SSSR count). The summed E-state index contributed by atoms with van der Waals surface area (Å²) in [5.41, 5.74) is 0. The zero-order chi connectivity index (χ0) is 14.2. The molecule has 0 aliphatic carbocycles. The van der Waals surface area contributed by atoms with E-state index in [1.807, 2.05) is 0 Å². The molecular weight excluding hydrogens is 366 g/mol. The van der Waals surface area contributed by atoms with Crippen LogP contribution >= 0.6 is 8.92 Å². The van der Waals surface area contributed by atoms with Crippen LogP contribution in [-0.2, 0) is 4.43 Å². The van der Waals surface area contributed by atoms with E-state index >= 15 is 0 Å². The van der Waals surface area contributed by atoms with E-state index in [9.17, 15) is 0 Å². The average molecular weight is 398 g/mol. The van der Waals surface area contributed by atoms with Crippen molar-refractivity contribution in [1.82, 2.24) is 0 Å².